The number of fused-ring (bicyclic) bond motifs is 2. The largest absolute Gasteiger partial charge is 1.00 e. The van der Waals surface area contributed by atoms with E-state index in [1.165, 1.54) is 37.7 Å². The van der Waals surface area contributed by atoms with Gasteiger partial charge in [0.25, 0.3) is 0 Å². The second-order valence-electron chi connectivity index (χ2n) is 9.31. The van der Waals surface area contributed by atoms with Crippen LogP contribution in [0, 0.1) is 11.8 Å². The number of benzene rings is 1. The van der Waals surface area contributed by atoms with Gasteiger partial charge in [-0.1, -0.05) is 36.8 Å². The summed E-state index contributed by atoms with van der Waals surface area (Å²) in [6.45, 7) is 5.97. The number of halogens is 1. The monoisotopic (exact) mass is 391 g/mol. The lowest BCUT2D eigenvalue weighted by Gasteiger charge is -2.53. The summed E-state index contributed by atoms with van der Waals surface area (Å²) in [6, 6.07) is 11.0. The van der Waals surface area contributed by atoms with Crippen LogP contribution in [0.4, 0.5) is 0 Å². The Labute approximate surface area is 169 Å². The molecule has 2 bridgehead atoms. The number of ketones is 1. The molecular formula is C23H34ClNO2. The molecule has 3 nitrogen and oxygen atoms in total. The molecule has 2 saturated carbocycles. The summed E-state index contributed by atoms with van der Waals surface area (Å²) < 4.78 is 0. The fourth-order valence-corrected chi connectivity index (χ4v) is 6.56. The van der Waals surface area contributed by atoms with E-state index >= 15 is 0 Å². The fraction of sp³-hybridized carbons (Fsp3) is 0.696. The van der Waals surface area contributed by atoms with Gasteiger partial charge < -0.3 is 22.4 Å². The van der Waals surface area contributed by atoms with Crippen molar-refractivity contribution in [2.75, 3.05) is 13.1 Å². The smallest absolute Gasteiger partial charge is 0.140 e. The summed E-state index contributed by atoms with van der Waals surface area (Å²) >= 11 is 0. The standard InChI is InChI=1S/C23H33NO2.ClH/c1-17(25)23(19-7-4-3-5-8-19)13-15-24(16-14-23)21-12-11-18-9-6-10-20(21)22(18,2)26;/h3-5,7-8,18,20-21,26H,6,9-16H2,1-2H3;1H. The van der Waals surface area contributed by atoms with E-state index in [1.807, 2.05) is 6.07 Å². The molecule has 1 aliphatic heterocycles. The quantitative estimate of drug-likeness (QED) is 0.731. The number of hydrogen-bond donors (Lipinski definition) is 2. The first-order valence-electron chi connectivity index (χ1n) is 10.6. The maximum Gasteiger partial charge on any atom is 0.140 e. The van der Waals surface area contributed by atoms with Crippen molar-refractivity contribution >= 4 is 5.78 Å². The van der Waals surface area contributed by atoms with Crippen LogP contribution < -0.4 is 17.3 Å². The van der Waals surface area contributed by atoms with Crippen LogP contribution in [-0.4, -0.2) is 35.6 Å². The lowest BCUT2D eigenvalue weighted by molar-refractivity contribution is -0.937. The summed E-state index contributed by atoms with van der Waals surface area (Å²) in [5.74, 6) is 1.25. The molecule has 4 unspecified atom stereocenters. The molecule has 27 heavy (non-hydrogen) atoms. The Bertz CT molecular complexity index is 652. The Morgan fingerprint density at radius 2 is 1.74 bits per heavy atom. The third kappa shape index (κ3) is 3.47. The summed E-state index contributed by atoms with van der Waals surface area (Å²) in [7, 11) is 0. The first-order chi connectivity index (χ1) is 12.4. The number of aliphatic hydroxyl groups is 1. The second kappa shape index (κ2) is 7.85. The summed E-state index contributed by atoms with van der Waals surface area (Å²) in [6.07, 6.45) is 7.96. The summed E-state index contributed by atoms with van der Waals surface area (Å²) in [4.78, 5) is 14.3. The van der Waals surface area contributed by atoms with Crippen LogP contribution >= 0.6 is 0 Å². The van der Waals surface area contributed by atoms with Crippen LogP contribution in [0.2, 0.25) is 0 Å². The van der Waals surface area contributed by atoms with E-state index in [9.17, 15) is 9.90 Å². The van der Waals surface area contributed by atoms with Gasteiger partial charge in [0, 0.05) is 25.2 Å². The van der Waals surface area contributed by atoms with Gasteiger partial charge in [-0.15, -0.1) is 0 Å². The van der Waals surface area contributed by atoms with Gasteiger partial charge in [0.05, 0.1) is 30.1 Å². The minimum atomic E-state index is -0.483. The van der Waals surface area contributed by atoms with Gasteiger partial charge in [0.1, 0.15) is 5.78 Å². The molecule has 1 saturated heterocycles. The van der Waals surface area contributed by atoms with Gasteiger partial charge in [-0.05, 0) is 44.6 Å². The third-order valence-corrected chi connectivity index (χ3v) is 8.23. The number of carbonyl (C=O) groups is 1. The number of nitrogens with one attached hydrogen (secondary N) is 1. The number of quaternary nitrogens is 1. The van der Waals surface area contributed by atoms with E-state index in [2.05, 4.69) is 31.2 Å². The maximum absolute atomic E-state index is 12.6. The minimum Gasteiger partial charge on any atom is -1.00 e. The average molecular weight is 392 g/mol. The molecule has 3 fully saturated rings. The van der Waals surface area contributed by atoms with Crippen molar-refractivity contribution in [3.8, 4) is 0 Å². The van der Waals surface area contributed by atoms with E-state index < -0.39 is 5.60 Å². The van der Waals surface area contributed by atoms with E-state index in [0.29, 0.717) is 23.7 Å². The van der Waals surface area contributed by atoms with Crippen LogP contribution in [0.1, 0.15) is 64.4 Å². The van der Waals surface area contributed by atoms with Crippen molar-refractivity contribution in [2.45, 2.75) is 75.9 Å². The van der Waals surface area contributed by atoms with Gasteiger partial charge in [-0.3, -0.25) is 4.79 Å². The summed E-state index contributed by atoms with van der Waals surface area (Å²) in [5.41, 5.74) is 0.416. The Morgan fingerprint density at radius 3 is 2.37 bits per heavy atom. The Morgan fingerprint density at radius 1 is 1.07 bits per heavy atom. The summed E-state index contributed by atoms with van der Waals surface area (Å²) in [5, 5.41) is 11.2. The van der Waals surface area contributed by atoms with Gasteiger partial charge in [0.2, 0.25) is 0 Å². The van der Waals surface area contributed by atoms with Crippen LogP contribution in [0.5, 0.6) is 0 Å². The van der Waals surface area contributed by atoms with Crippen LogP contribution in [-0.2, 0) is 10.2 Å². The molecule has 1 heterocycles. The lowest BCUT2D eigenvalue weighted by Crippen LogP contribution is -3.18. The molecular weight excluding hydrogens is 358 g/mol. The van der Waals surface area contributed by atoms with Crippen LogP contribution in [0.15, 0.2) is 30.3 Å². The molecule has 0 radical (unpaired) electrons. The lowest BCUT2D eigenvalue weighted by atomic mass is 9.59. The second-order valence-corrected chi connectivity index (χ2v) is 9.31. The number of hydrogen-bond acceptors (Lipinski definition) is 2. The molecule has 0 aromatic heterocycles. The van der Waals surface area contributed by atoms with Crippen LogP contribution in [0.3, 0.4) is 0 Å². The molecule has 1 aromatic rings. The van der Waals surface area contributed by atoms with Crippen molar-refractivity contribution in [1.29, 1.82) is 0 Å². The van der Waals surface area contributed by atoms with E-state index in [-0.39, 0.29) is 17.8 Å². The molecule has 150 valence electrons. The average Bonchev–Trinajstić information content (AvgIpc) is 2.62. The number of piperidine rings is 1. The Hall–Kier alpha value is -0.900. The number of carbonyl (C=O) groups excluding carboxylic acids is 1. The van der Waals surface area contributed by atoms with Crippen molar-refractivity contribution < 1.29 is 27.2 Å². The molecule has 2 aliphatic carbocycles. The molecule has 1 aromatic carbocycles. The van der Waals surface area contributed by atoms with E-state index in [1.54, 1.807) is 11.8 Å². The number of Topliss-reactive ketones (excluding diaryl/α,β-unsaturated/α-hetero) is 1. The van der Waals surface area contributed by atoms with E-state index in [4.69, 9.17) is 0 Å². The minimum absolute atomic E-state index is 0. The first-order valence-corrected chi connectivity index (χ1v) is 10.6. The predicted octanol–water partition coefficient (Wildman–Crippen LogP) is -0.474. The van der Waals surface area contributed by atoms with Gasteiger partial charge >= 0.3 is 0 Å². The highest BCUT2D eigenvalue weighted by Crippen LogP contribution is 2.46. The van der Waals surface area contributed by atoms with Gasteiger partial charge in [0.15, 0.2) is 0 Å². The van der Waals surface area contributed by atoms with Crippen molar-refractivity contribution in [2.24, 2.45) is 11.8 Å². The van der Waals surface area contributed by atoms with Crippen molar-refractivity contribution in [3.63, 3.8) is 0 Å². The number of likely N-dealkylation sites (tertiary alicyclic amines) is 1. The highest BCUT2D eigenvalue weighted by Gasteiger charge is 2.54. The molecule has 4 rings (SSSR count). The Balaban J connectivity index is 0.00000210. The zero-order valence-corrected chi connectivity index (χ0v) is 17.5. The van der Waals surface area contributed by atoms with Gasteiger partial charge in [-0.25, -0.2) is 0 Å². The molecule has 2 N–H and O–H groups in total. The Kier molecular flexibility index (Phi) is 6.05. The van der Waals surface area contributed by atoms with Crippen LogP contribution in [0.25, 0.3) is 0 Å². The zero-order valence-electron chi connectivity index (χ0n) is 16.7. The third-order valence-electron chi connectivity index (χ3n) is 8.23. The highest BCUT2D eigenvalue weighted by molar-refractivity contribution is 5.88. The molecule has 3 aliphatic rings. The SMILES string of the molecule is CC(=O)C1(c2ccccc2)CC[NH+](C2CCC3CCCC2C3(C)O)CC1.[Cl-]. The highest BCUT2D eigenvalue weighted by atomic mass is 35.5. The number of rotatable bonds is 3. The zero-order chi connectivity index (χ0) is 18.4. The fourth-order valence-electron chi connectivity index (χ4n) is 6.56. The normalized spacial score (nSPS) is 41.4. The van der Waals surface area contributed by atoms with Crippen molar-refractivity contribution in [1.82, 2.24) is 0 Å². The van der Waals surface area contributed by atoms with Gasteiger partial charge in [-0.2, -0.15) is 0 Å². The maximum atomic E-state index is 12.6. The van der Waals surface area contributed by atoms with E-state index in [0.717, 1.165) is 25.9 Å². The topological polar surface area (TPSA) is 41.7 Å². The molecule has 4 heteroatoms. The first kappa shape index (κ1) is 20.8. The molecule has 0 amide bonds. The molecule has 0 spiro atoms. The molecule has 4 atom stereocenters. The van der Waals surface area contributed by atoms with Crippen molar-refractivity contribution in [3.05, 3.63) is 35.9 Å². The predicted molar refractivity (Wildman–Crippen MR) is 103 cm³/mol.